The molecule has 0 bridgehead atoms. The van der Waals surface area contributed by atoms with Gasteiger partial charge < -0.3 is 10.1 Å². The first kappa shape index (κ1) is 22.3. The van der Waals surface area contributed by atoms with Gasteiger partial charge in [-0.05, 0) is 19.3 Å². The van der Waals surface area contributed by atoms with Crippen LogP contribution in [0.2, 0.25) is 0 Å². The van der Waals surface area contributed by atoms with Crippen LogP contribution in [0.4, 0.5) is 0 Å². The van der Waals surface area contributed by atoms with Gasteiger partial charge in [-0.2, -0.15) is 0 Å². The maximum atomic E-state index is 12.2. The second-order valence-corrected chi connectivity index (χ2v) is 7.15. The number of hydrogen-bond acceptors (Lipinski definition) is 5. The van der Waals surface area contributed by atoms with E-state index < -0.39 is 0 Å². The minimum absolute atomic E-state index is 0.0477. The number of imide groups is 1. The van der Waals surface area contributed by atoms with E-state index >= 15 is 0 Å². The van der Waals surface area contributed by atoms with Crippen molar-refractivity contribution in [1.82, 2.24) is 10.2 Å². The van der Waals surface area contributed by atoms with Gasteiger partial charge in [-0.15, -0.1) is 0 Å². The van der Waals surface area contributed by atoms with E-state index in [1.165, 1.54) is 4.90 Å². The van der Waals surface area contributed by atoms with Crippen molar-refractivity contribution < 1.29 is 23.9 Å². The molecule has 1 fully saturated rings. The molecule has 0 radical (unpaired) electrons. The first-order chi connectivity index (χ1) is 12.3. The molecule has 1 rings (SSSR count). The number of carbonyl (C=O) groups excluding carboxylic acids is 4. The molecule has 26 heavy (non-hydrogen) atoms. The smallest absolute Gasteiger partial charge is 0.233 e. The normalized spacial score (nSPS) is 18.5. The van der Waals surface area contributed by atoms with Gasteiger partial charge in [0.15, 0.2) is 0 Å². The van der Waals surface area contributed by atoms with Gasteiger partial charge in [0.05, 0.1) is 12.7 Å². The molecule has 2 unspecified atom stereocenters. The fraction of sp³-hybridized carbons (Fsp3) is 0.789. The Morgan fingerprint density at radius 1 is 1.23 bits per heavy atom. The zero-order valence-corrected chi connectivity index (χ0v) is 16.4. The highest BCUT2D eigenvalue weighted by Crippen LogP contribution is 2.26. The molecular weight excluding hydrogens is 336 g/mol. The molecule has 1 aliphatic heterocycles. The van der Waals surface area contributed by atoms with Crippen molar-refractivity contribution in [1.29, 1.82) is 0 Å². The van der Waals surface area contributed by atoms with Crippen LogP contribution >= 0.6 is 0 Å². The van der Waals surface area contributed by atoms with Crippen molar-refractivity contribution in [2.75, 3.05) is 19.7 Å². The zero-order valence-electron chi connectivity index (χ0n) is 16.4. The third-order valence-electron chi connectivity index (χ3n) is 4.70. The molecule has 2 atom stereocenters. The van der Waals surface area contributed by atoms with Gasteiger partial charge in [0.1, 0.15) is 5.78 Å². The average molecular weight is 368 g/mol. The Kier molecular flexibility index (Phi) is 9.48. The molecule has 0 aromatic carbocycles. The Morgan fingerprint density at radius 3 is 2.50 bits per heavy atom. The van der Waals surface area contributed by atoms with E-state index in [1.54, 1.807) is 0 Å². The number of amides is 3. The van der Waals surface area contributed by atoms with Crippen LogP contribution in [-0.4, -0.2) is 54.2 Å². The summed E-state index contributed by atoms with van der Waals surface area (Å²) in [5, 5.41) is 2.78. The molecule has 1 saturated heterocycles. The van der Waals surface area contributed by atoms with Crippen LogP contribution in [0.3, 0.4) is 0 Å². The van der Waals surface area contributed by atoms with Gasteiger partial charge in [0.25, 0.3) is 0 Å². The van der Waals surface area contributed by atoms with Crippen molar-refractivity contribution in [2.45, 2.75) is 65.9 Å². The summed E-state index contributed by atoms with van der Waals surface area (Å²) in [5.41, 5.74) is 0. The summed E-state index contributed by atoms with van der Waals surface area (Å²) in [6.45, 7) is 8.57. The summed E-state index contributed by atoms with van der Waals surface area (Å²) in [6.07, 6.45) is 1.89. The van der Waals surface area contributed by atoms with E-state index in [-0.39, 0.29) is 60.8 Å². The van der Waals surface area contributed by atoms with Crippen molar-refractivity contribution in [2.24, 2.45) is 11.8 Å². The predicted octanol–water partition coefficient (Wildman–Crippen LogP) is 1.69. The maximum absolute atomic E-state index is 12.2. The fourth-order valence-corrected chi connectivity index (χ4v) is 2.82. The minimum Gasteiger partial charge on any atom is -0.378 e. The first-order valence-electron chi connectivity index (χ1n) is 9.50. The van der Waals surface area contributed by atoms with Crippen molar-refractivity contribution >= 4 is 23.5 Å². The van der Waals surface area contributed by atoms with E-state index in [2.05, 4.69) is 5.32 Å². The van der Waals surface area contributed by atoms with Gasteiger partial charge in [0.2, 0.25) is 17.7 Å². The number of carbonyl (C=O) groups is 4. The Bertz CT molecular complexity index is 518. The lowest BCUT2D eigenvalue weighted by atomic mass is 9.94. The summed E-state index contributed by atoms with van der Waals surface area (Å²) < 4.78 is 5.53. The van der Waals surface area contributed by atoms with Gasteiger partial charge in [0, 0.05) is 44.7 Å². The standard InChI is InChI=1S/C19H32N2O5/c1-5-15(22)8-11-26-14(4)6-9-20-17(23)7-10-21-18(24)12-16(13(2)3)19(21)25/h13-14,16H,5-12H2,1-4H3,(H,20,23). The quantitative estimate of drug-likeness (QED) is 0.529. The highest BCUT2D eigenvalue weighted by atomic mass is 16.5. The molecule has 1 aliphatic rings. The lowest BCUT2D eigenvalue weighted by Crippen LogP contribution is -2.36. The molecule has 0 saturated carbocycles. The lowest BCUT2D eigenvalue weighted by molar-refractivity contribution is -0.140. The van der Waals surface area contributed by atoms with Crippen LogP contribution in [0.25, 0.3) is 0 Å². The summed E-state index contributed by atoms with van der Waals surface area (Å²) in [7, 11) is 0. The number of likely N-dealkylation sites (tertiary alicyclic amines) is 1. The molecule has 1 N–H and O–H groups in total. The van der Waals surface area contributed by atoms with Gasteiger partial charge in [-0.3, -0.25) is 24.1 Å². The molecule has 3 amide bonds. The Hall–Kier alpha value is -1.76. The number of rotatable bonds is 12. The van der Waals surface area contributed by atoms with Crippen molar-refractivity contribution in [3.8, 4) is 0 Å². The molecule has 7 heteroatoms. The third-order valence-corrected chi connectivity index (χ3v) is 4.70. The first-order valence-corrected chi connectivity index (χ1v) is 9.50. The summed E-state index contributed by atoms with van der Waals surface area (Å²) in [5.74, 6) is -0.502. The number of Topliss-reactive ketones (excluding diaryl/α,β-unsaturated/α-hetero) is 1. The second kappa shape index (κ2) is 11.1. The van der Waals surface area contributed by atoms with Crippen LogP contribution in [0, 0.1) is 11.8 Å². The number of nitrogens with zero attached hydrogens (tertiary/aromatic N) is 1. The summed E-state index contributed by atoms with van der Waals surface area (Å²) >= 11 is 0. The second-order valence-electron chi connectivity index (χ2n) is 7.15. The van der Waals surface area contributed by atoms with Gasteiger partial charge in [-0.25, -0.2) is 0 Å². The predicted molar refractivity (Wildman–Crippen MR) is 97.2 cm³/mol. The van der Waals surface area contributed by atoms with Gasteiger partial charge in [-0.1, -0.05) is 20.8 Å². The molecule has 0 aliphatic carbocycles. The minimum atomic E-state index is -0.261. The largest absolute Gasteiger partial charge is 0.378 e. The SMILES string of the molecule is CCC(=O)CCOC(C)CCNC(=O)CCN1C(=O)CC(C(C)C)C1=O. The molecule has 0 aromatic heterocycles. The molecule has 0 spiro atoms. The molecule has 148 valence electrons. The van der Waals surface area contributed by atoms with Crippen LogP contribution in [0.5, 0.6) is 0 Å². The zero-order chi connectivity index (χ0) is 19.7. The lowest BCUT2D eigenvalue weighted by Gasteiger charge is -2.16. The number of hydrogen-bond donors (Lipinski definition) is 1. The van der Waals surface area contributed by atoms with E-state index in [1.807, 2.05) is 27.7 Å². The highest BCUT2D eigenvalue weighted by molar-refractivity contribution is 6.03. The van der Waals surface area contributed by atoms with Crippen LogP contribution < -0.4 is 5.32 Å². The molecule has 0 aromatic rings. The van der Waals surface area contributed by atoms with E-state index in [0.29, 0.717) is 32.4 Å². The average Bonchev–Trinajstić information content (AvgIpc) is 2.87. The molecular formula is C19H32N2O5. The third kappa shape index (κ3) is 7.23. The Balaban J connectivity index is 2.20. The van der Waals surface area contributed by atoms with Crippen molar-refractivity contribution in [3.05, 3.63) is 0 Å². The van der Waals surface area contributed by atoms with Crippen molar-refractivity contribution in [3.63, 3.8) is 0 Å². The van der Waals surface area contributed by atoms with E-state index in [0.717, 1.165) is 0 Å². The Morgan fingerprint density at radius 2 is 1.92 bits per heavy atom. The van der Waals surface area contributed by atoms with Crippen LogP contribution in [0.1, 0.15) is 59.8 Å². The van der Waals surface area contributed by atoms with Crippen LogP contribution in [0.15, 0.2) is 0 Å². The number of ketones is 1. The van der Waals surface area contributed by atoms with E-state index in [4.69, 9.17) is 4.74 Å². The molecule has 1 heterocycles. The topological polar surface area (TPSA) is 92.8 Å². The maximum Gasteiger partial charge on any atom is 0.233 e. The summed E-state index contributed by atoms with van der Waals surface area (Å²) in [4.78, 5) is 48.4. The molecule has 7 nitrogen and oxygen atoms in total. The summed E-state index contributed by atoms with van der Waals surface area (Å²) in [6, 6.07) is 0. The van der Waals surface area contributed by atoms with E-state index in [9.17, 15) is 19.2 Å². The van der Waals surface area contributed by atoms with Crippen LogP contribution in [-0.2, 0) is 23.9 Å². The Labute approximate surface area is 155 Å². The fourth-order valence-electron chi connectivity index (χ4n) is 2.82. The monoisotopic (exact) mass is 368 g/mol. The van der Waals surface area contributed by atoms with Gasteiger partial charge >= 0.3 is 0 Å². The number of nitrogens with one attached hydrogen (secondary N) is 1. The highest BCUT2D eigenvalue weighted by Gasteiger charge is 2.39. The number of ether oxygens (including phenoxy) is 1.